The van der Waals surface area contributed by atoms with Crippen LogP contribution >= 0.6 is 0 Å². The molecule has 90 valence electrons. The van der Waals surface area contributed by atoms with Gasteiger partial charge in [-0.15, -0.1) is 0 Å². The predicted molar refractivity (Wildman–Crippen MR) is 62.8 cm³/mol. The van der Waals surface area contributed by atoms with Gasteiger partial charge in [-0.05, 0) is 53.0 Å². The summed E-state index contributed by atoms with van der Waals surface area (Å²) in [4.78, 5) is 4.58. The number of hydrogen-bond donors (Lipinski definition) is 2. The SMILES string of the molecule is CN(C)CCCN1CCCC(N)(CO)C1. The topological polar surface area (TPSA) is 52.7 Å². The molecule has 0 aromatic heterocycles. The summed E-state index contributed by atoms with van der Waals surface area (Å²) in [6.45, 7) is 4.30. The second-order valence-corrected chi connectivity index (χ2v) is 5.06. The smallest absolute Gasteiger partial charge is 0.0623 e. The Labute approximate surface area is 93.0 Å². The van der Waals surface area contributed by atoms with E-state index in [1.165, 1.54) is 6.42 Å². The molecule has 0 bridgehead atoms. The Balaban J connectivity index is 2.24. The molecule has 0 aliphatic carbocycles. The summed E-state index contributed by atoms with van der Waals surface area (Å²) < 4.78 is 0. The molecule has 0 aromatic rings. The highest BCUT2D eigenvalue weighted by Gasteiger charge is 2.30. The monoisotopic (exact) mass is 215 g/mol. The summed E-state index contributed by atoms with van der Waals surface area (Å²) in [6, 6.07) is 0. The van der Waals surface area contributed by atoms with Crippen molar-refractivity contribution in [3.05, 3.63) is 0 Å². The summed E-state index contributed by atoms with van der Waals surface area (Å²) in [7, 11) is 4.19. The summed E-state index contributed by atoms with van der Waals surface area (Å²) in [5.74, 6) is 0. The first-order valence-corrected chi connectivity index (χ1v) is 5.82. The standard InChI is InChI=1S/C11H25N3O/c1-13(2)6-4-8-14-7-3-5-11(12,9-14)10-15/h15H,3-10,12H2,1-2H3. The van der Waals surface area contributed by atoms with Crippen molar-refractivity contribution in [2.24, 2.45) is 5.73 Å². The highest BCUT2D eigenvalue weighted by molar-refractivity contribution is 4.90. The maximum absolute atomic E-state index is 9.22. The van der Waals surface area contributed by atoms with E-state index in [2.05, 4.69) is 23.9 Å². The molecule has 15 heavy (non-hydrogen) atoms. The first kappa shape index (κ1) is 12.9. The Kier molecular flexibility index (Phi) is 4.99. The Morgan fingerprint density at radius 3 is 2.80 bits per heavy atom. The van der Waals surface area contributed by atoms with Crippen molar-refractivity contribution in [1.29, 1.82) is 0 Å². The van der Waals surface area contributed by atoms with Gasteiger partial charge in [-0.25, -0.2) is 0 Å². The van der Waals surface area contributed by atoms with Crippen LogP contribution in [-0.4, -0.2) is 67.3 Å². The number of piperidine rings is 1. The van der Waals surface area contributed by atoms with Gasteiger partial charge in [0.2, 0.25) is 0 Å². The molecule has 0 spiro atoms. The second kappa shape index (κ2) is 5.80. The quantitative estimate of drug-likeness (QED) is 0.662. The molecule has 1 heterocycles. The Morgan fingerprint density at radius 1 is 1.47 bits per heavy atom. The predicted octanol–water partition coefficient (Wildman–Crippen LogP) is -0.276. The van der Waals surface area contributed by atoms with Gasteiger partial charge >= 0.3 is 0 Å². The highest BCUT2D eigenvalue weighted by Crippen LogP contribution is 2.18. The van der Waals surface area contributed by atoms with Crippen molar-refractivity contribution in [2.75, 3.05) is 46.9 Å². The minimum atomic E-state index is -0.351. The molecule has 0 radical (unpaired) electrons. The number of likely N-dealkylation sites (tertiary alicyclic amines) is 1. The average Bonchev–Trinajstić information content (AvgIpc) is 2.17. The summed E-state index contributed by atoms with van der Waals surface area (Å²) in [5.41, 5.74) is 5.73. The van der Waals surface area contributed by atoms with Crippen LogP contribution in [0.4, 0.5) is 0 Å². The number of aliphatic hydroxyl groups is 1. The Morgan fingerprint density at radius 2 is 2.20 bits per heavy atom. The molecule has 1 aliphatic rings. The Hall–Kier alpha value is -0.160. The van der Waals surface area contributed by atoms with E-state index in [1.807, 2.05) is 0 Å². The van der Waals surface area contributed by atoms with Gasteiger partial charge in [0.1, 0.15) is 0 Å². The van der Waals surface area contributed by atoms with Gasteiger partial charge in [0.15, 0.2) is 0 Å². The summed E-state index contributed by atoms with van der Waals surface area (Å²) in [5, 5.41) is 9.22. The van der Waals surface area contributed by atoms with Crippen molar-refractivity contribution in [2.45, 2.75) is 24.8 Å². The minimum absolute atomic E-state index is 0.108. The second-order valence-electron chi connectivity index (χ2n) is 5.06. The third-order valence-electron chi connectivity index (χ3n) is 3.08. The fourth-order valence-electron chi connectivity index (χ4n) is 2.19. The third kappa shape index (κ3) is 4.47. The molecule has 1 unspecified atom stereocenters. The van der Waals surface area contributed by atoms with Gasteiger partial charge in [0.05, 0.1) is 12.1 Å². The number of aliphatic hydroxyl groups excluding tert-OH is 1. The molecule has 1 saturated heterocycles. The van der Waals surface area contributed by atoms with Crippen LogP contribution in [0.3, 0.4) is 0 Å². The molecule has 1 aliphatic heterocycles. The van der Waals surface area contributed by atoms with Gasteiger partial charge in [-0.2, -0.15) is 0 Å². The highest BCUT2D eigenvalue weighted by atomic mass is 16.3. The zero-order valence-electron chi connectivity index (χ0n) is 10.1. The van der Waals surface area contributed by atoms with E-state index in [-0.39, 0.29) is 12.1 Å². The van der Waals surface area contributed by atoms with E-state index in [9.17, 15) is 5.11 Å². The third-order valence-corrected chi connectivity index (χ3v) is 3.08. The number of hydrogen-bond acceptors (Lipinski definition) is 4. The van der Waals surface area contributed by atoms with Crippen molar-refractivity contribution in [1.82, 2.24) is 9.80 Å². The van der Waals surface area contributed by atoms with E-state index in [0.29, 0.717) is 0 Å². The van der Waals surface area contributed by atoms with Gasteiger partial charge < -0.3 is 20.6 Å². The molecule has 1 atom stereocenters. The van der Waals surface area contributed by atoms with E-state index < -0.39 is 0 Å². The lowest BCUT2D eigenvalue weighted by atomic mass is 9.91. The number of nitrogens with two attached hydrogens (primary N) is 1. The van der Waals surface area contributed by atoms with Gasteiger partial charge in [-0.3, -0.25) is 0 Å². The molecule has 3 N–H and O–H groups in total. The first-order chi connectivity index (χ1) is 7.06. The largest absolute Gasteiger partial charge is 0.394 e. The number of nitrogens with zero attached hydrogens (tertiary/aromatic N) is 2. The molecule has 1 fully saturated rings. The first-order valence-electron chi connectivity index (χ1n) is 5.82. The lowest BCUT2D eigenvalue weighted by Gasteiger charge is -2.39. The zero-order chi connectivity index (χ0) is 11.3. The van der Waals surface area contributed by atoms with Gasteiger partial charge in [0.25, 0.3) is 0 Å². The molecular formula is C11H25N3O. The van der Waals surface area contributed by atoms with Crippen LogP contribution in [-0.2, 0) is 0 Å². The molecule has 1 rings (SSSR count). The fourth-order valence-corrected chi connectivity index (χ4v) is 2.19. The molecule has 0 amide bonds. The van der Waals surface area contributed by atoms with Crippen molar-refractivity contribution in [3.8, 4) is 0 Å². The van der Waals surface area contributed by atoms with E-state index in [4.69, 9.17) is 5.73 Å². The minimum Gasteiger partial charge on any atom is -0.394 e. The normalized spacial score (nSPS) is 28.6. The van der Waals surface area contributed by atoms with Crippen molar-refractivity contribution >= 4 is 0 Å². The van der Waals surface area contributed by atoms with E-state index in [0.717, 1.165) is 39.0 Å². The van der Waals surface area contributed by atoms with Crippen LogP contribution in [0.2, 0.25) is 0 Å². The molecule has 0 aromatic carbocycles. The van der Waals surface area contributed by atoms with Crippen LogP contribution in [0, 0.1) is 0 Å². The zero-order valence-corrected chi connectivity index (χ0v) is 10.1. The van der Waals surface area contributed by atoms with Crippen LogP contribution in [0.25, 0.3) is 0 Å². The maximum atomic E-state index is 9.22. The maximum Gasteiger partial charge on any atom is 0.0623 e. The van der Waals surface area contributed by atoms with Gasteiger partial charge in [0, 0.05) is 6.54 Å². The molecule has 0 saturated carbocycles. The molecule has 4 nitrogen and oxygen atoms in total. The fraction of sp³-hybridized carbons (Fsp3) is 1.00. The van der Waals surface area contributed by atoms with Crippen molar-refractivity contribution < 1.29 is 5.11 Å². The molecule has 4 heteroatoms. The molecular weight excluding hydrogens is 190 g/mol. The summed E-state index contributed by atoms with van der Waals surface area (Å²) >= 11 is 0. The van der Waals surface area contributed by atoms with E-state index >= 15 is 0 Å². The van der Waals surface area contributed by atoms with Crippen LogP contribution < -0.4 is 5.73 Å². The van der Waals surface area contributed by atoms with E-state index in [1.54, 1.807) is 0 Å². The number of rotatable bonds is 5. The lowest BCUT2D eigenvalue weighted by Crippen LogP contribution is -2.56. The van der Waals surface area contributed by atoms with Crippen LogP contribution in [0.1, 0.15) is 19.3 Å². The lowest BCUT2D eigenvalue weighted by molar-refractivity contribution is 0.0923. The van der Waals surface area contributed by atoms with Crippen LogP contribution in [0.15, 0.2) is 0 Å². The average molecular weight is 215 g/mol. The van der Waals surface area contributed by atoms with Crippen LogP contribution in [0.5, 0.6) is 0 Å². The Bertz CT molecular complexity index is 187. The van der Waals surface area contributed by atoms with Crippen molar-refractivity contribution in [3.63, 3.8) is 0 Å². The summed E-state index contributed by atoms with van der Waals surface area (Å²) in [6.07, 6.45) is 3.24. The van der Waals surface area contributed by atoms with Gasteiger partial charge in [-0.1, -0.05) is 0 Å².